The van der Waals surface area contributed by atoms with Crippen LogP contribution in [-0.4, -0.2) is 54.4 Å². The van der Waals surface area contributed by atoms with Crippen molar-refractivity contribution >= 4 is 28.4 Å². The van der Waals surface area contributed by atoms with Gasteiger partial charge in [0.15, 0.2) is 0 Å². The molecule has 3 aliphatic rings. The maximum Gasteiger partial charge on any atom is 0.354 e. The van der Waals surface area contributed by atoms with Crippen molar-refractivity contribution in [2.45, 2.75) is 51.5 Å². The number of alkyl halides is 1. The van der Waals surface area contributed by atoms with Gasteiger partial charge >= 0.3 is 6.03 Å². The molecule has 0 spiro atoms. The number of hydrogen-bond acceptors (Lipinski definition) is 6. The molecule has 2 atom stereocenters. The molecule has 1 saturated heterocycles. The lowest BCUT2D eigenvalue weighted by Gasteiger charge is -2.34. The number of hydrazone groups is 1. The summed E-state index contributed by atoms with van der Waals surface area (Å²) in [7, 11) is -3.66. The number of ether oxygens (including phenoxy) is 1. The third-order valence-electron chi connectivity index (χ3n) is 6.51. The highest BCUT2D eigenvalue weighted by Gasteiger charge is 2.31. The van der Waals surface area contributed by atoms with Crippen LogP contribution in [0.15, 0.2) is 20.3 Å². The molecule has 186 valence electrons. The van der Waals surface area contributed by atoms with Crippen molar-refractivity contribution in [3.63, 3.8) is 0 Å². The normalized spacial score (nSPS) is 22.4. The fraction of sp³-hybridized carbons (Fsp3) is 0.545. The van der Waals surface area contributed by atoms with Gasteiger partial charge in [0, 0.05) is 18.9 Å². The Morgan fingerprint density at radius 2 is 1.85 bits per heavy atom. The first-order chi connectivity index (χ1) is 16.3. The molecule has 1 aromatic rings. The van der Waals surface area contributed by atoms with Crippen molar-refractivity contribution in [3.8, 4) is 0 Å². The van der Waals surface area contributed by atoms with Gasteiger partial charge in [0.25, 0.3) is 0 Å². The number of nitrogens with one attached hydrogen (secondary N) is 2. The number of fused-ring (bicyclic) bond motifs is 2. The van der Waals surface area contributed by atoms with E-state index in [1.807, 2.05) is 0 Å². The maximum atomic E-state index is 14.9. The van der Waals surface area contributed by atoms with Gasteiger partial charge in [0.2, 0.25) is 5.88 Å². The molecule has 9 nitrogen and oxygen atoms in total. The molecule has 1 fully saturated rings. The summed E-state index contributed by atoms with van der Waals surface area (Å²) in [5, 5.41) is 16.9. The summed E-state index contributed by atoms with van der Waals surface area (Å²) in [6.45, 7) is 5.06. The van der Waals surface area contributed by atoms with Crippen LogP contribution in [0.1, 0.15) is 42.0 Å². The molecule has 34 heavy (non-hydrogen) atoms. The second-order valence-electron chi connectivity index (χ2n) is 8.64. The lowest BCUT2D eigenvalue weighted by molar-refractivity contribution is 0.0400. The van der Waals surface area contributed by atoms with Crippen molar-refractivity contribution in [1.29, 1.82) is 0 Å². The topological polar surface area (TPSA) is 121 Å². The van der Waals surface area contributed by atoms with Gasteiger partial charge in [-0.05, 0) is 67.7 Å². The molecular formula is C22H30F2N6O3S. The van der Waals surface area contributed by atoms with Crippen LogP contribution in [-0.2, 0) is 40.3 Å². The molecule has 1 aromatic carbocycles. The number of urea groups is 1. The van der Waals surface area contributed by atoms with E-state index in [2.05, 4.69) is 26.8 Å². The van der Waals surface area contributed by atoms with E-state index in [9.17, 15) is 17.8 Å². The Morgan fingerprint density at radius 1 is 1.24 bits per heavy atom. The molecule has 12 heteroatoms. The van der Waals surface area contributed by atoms with Crippen LogP contribution in [0.2, 0.25) is 0 Å². The number of carbonyl (C=O) groups is 1. The lowest BCUT2D eigenvalue weighted by atomic mass is 9.98. The Hall–Kier alpha value is -2.57. The third-order valence-corrected chi connectivity index (χ3v) is 8.00. The number of carbonyl (C=O) groups excluding carboxylic acids is 1. The van der Waals surface area contributed by atoms with Crippen LogP contribution >= 0.6 is 0 Å². The number of amides is 2. The van der Waals surface area contributed by atoms with E-state index < -0.39 is 22.6 Å². The number of nitrogens with two attached hydrogens (primary N) is 1. The van der Waals surface area contributed by atoms with Crippen molar-refractivity contribution in [2.24, 2.45) is 14.6 Å². The Balaban J connectivity index is 1.59. The van der Waals surface area contributed by atoms with Crippen LogP contribution in [0.5, 0.6) is 0 Å². The summed E-state index contributed by atoms with van der Waals surface area (Å²) in [6.07, 6.45) is 4.24. The van der Waals surface area contributed by atoms with E-state index in [-0.39, 0.29) is 35.8 Å². The number of allylic oxidation sites excluding steroid dienone is 1. The zero-order valence-electron chi connectivity index (χ0n) is 19.2. The highest BCUT2D eigenvalue weighted by atomic mass is 32.2. The number of halogens is 2. The molecule has 0 radical (unpaired) electrons. The number of anilines is 1. The summed E-state index contributed by atoms with van der Waals surface area (Å²) < 4.78 is 50.0. The maximum absolute atomic E-state index is 14.9. The highest BCUT2D eigenvalue weighted by Crippen LogP contribution is 2.41. The van der Waals surface area contributed by atoms with E-state index in [4.69, 9.17) is 9.88 Å². The molecule has 1 aliphatic heterocycles. The fourth-order valence-corrected chi connectivity index (χ4v) is 5.71. The zero-order valence-corrected chi connectivity index (χ0v) is 20.0. The first-order valence-corrected chi connectivity index (χ1v) is 12.9. The van der Waals surface area contributed by atoms with Gasteiger partial charge in [0.05, 0.1) is 17.5 Å². The molecule has 4 N–H and O–H groups in total. The van der Waals surface area contributed by atoms with Gasteiger partial charge in [-0.15, -0.1) is 4.36 Å². The average Bonchev–Trinajstić information content (AvgIpc) is 3.50. The van der Waals surface area contributed by atoms with Crippen molar-refractivity contribution in [1.82, 2.24) is 10.3 Å². The van der Waals surface area contributed by atoms with Gasteiger partial charge in [-0.1, -0.05) is 0 Å². The second-order valence-corrected chi connectivity index (χ2v) is 10.6. The van der Waals surface area contributed by atoms with Crippen molar-refractivity contribution in [3.05, 3.63) is 38.9 Å². The molecule has 4 rings (SSSR count). The fourth-order valence-electron chi connectivity index (χ4n) is 4.87. The van der Waals surface area contributed by atoms with E-state index in [0.717, 1.165) is 24.0 Å². The minimum absolute atomic E-state index is 0.0357. The van der Waals surface area contributed by atoms with Crippen LogP contribution in [0.25, 0.3) is 0 Å². The van der Waals surface area contributed by atoms with Crippen LogP contribution in [0.3, 0.4) is 0 Å². The zero-order chi connectivity index (χ0) is 24.5. The van der Waals surface area contributed by atoms with E-state index >= 15 is 0 Å². The third kappa shape index (κ3) is 4.66. The molecular weight excluding hydrogens is 466 g/mol. The Morgan fingerprint density at radius 3 is 2.44 bits per heavy atom. The van der Waals surface area contributed by atoms with Crippen molar-refractivity contribution < 1.29 is 22.5 Å². The van der Waals surface area contributed by atoms with Gasteiger partial charge in [-0.3, -0.25) is 0 Å². The number of benzene rings is 1. The lowest BCUT2D eigenvalue weighted by Crippen LogP contribution is -2.47. The Labute approximate surface area is 198 Å². The summed E-state index contributed by atoms with van der Waals surface area (Å²) in [6, 6.07) is -1.08. The predicted molar refractivity (Wildman–Crippen MR) is 127 cm³/mol. The van der Waals surface area contributed by atoms with Gasteiger partial charge < -0.3 is 15.4 Å². The molecule has 2 amide bonds. The summed E-state index contributed by atoms with van der Waals surface area (Å²) in [4.78, 5) is 12.9. The number of hydrogen-bond donors (Lipinski definition) is 3. The summed E-state index contributed by atoms with van der Waals surface area (Å²) >= 11 is 0. The molecule has 2 unspecified atom stereocenters. The number of rotatable bonds is 6. The Kier molecular flexibility index (Phi) is 7.20. The molecule has 0 saturated carbocycles. The van der Waals surface area contributed by atoms with Gasteiger partial charge in [-0.25, -0.2) is 27.9 Å². The monoisotopic (exact) mass is 496 g/mol. The summed E-state index contributed by atoms with van der Waals surface area (Å²) in [5.41, 5.74) is 3.49. The smallest absolute Gasteiger partial charge is 0.354 e. The first kappa shape index (κ1) is 24.6. The van der Waals surface area contributed by atoms with Crippen LogP contribution in [0, 0.1) is 5.82 Å². The molecule has 0 bridgehead atoms. The highest BCUT2D eigenvalue weighted by molar-refractivity contribution is 7.95. The Bertz CT molecular complexity index is 1130. The molecule has 1 heterocycles. The van der Waals surface area contributed by atoms with E-state index in [1.165, 1.54) is 11.9 Å². The minimum Gasteiger partial charge on any atom is -0.475 e. The number of nitrogens with zero attached hydrogens (tertiary/aromatic N) is 3. The SMILES string of the molecule is C=NN1CC(NCCF)CO/C1=C(/C)S(N)(=O)=NC(=O)Nc1c2c(c(F)c3c1CCC3)CCC2. The van der Waals surface area contributed by atoms with Crippen molar-refractivity contribution in [2.75, 3.05) is 31.7 Å². The minimum atomic E-state index is -3.66. The molecule has 2 aliphatic carbocycles. The van der Waals surface area contributed by atoms with Crippen LogP contribution in [0.4, 0.5) is 19.3 Å². The standard InChI is InChI=1S/C22H30F2N6O3S/c1-13(21-30(26-2)11-14(12-33-21)27-10-9-23)34(25,32)29-22(31)28-20-17-7-3-5-15(17)19(24)16-6-4-8-18(16)20/h14,27H,2-12H2,1H3,(H3,25,28,29,31,32)/b21-13-. The average molecular weight is 497 g/mol. The second kappa shape index (κ2) is 9.96. The summed E-state index contributed by atoms with van der Waals surface area (Å²) in [5.74, 6) is -0.0511. The quantitative estimate of drug-likeness (QED) is 0.523. The van der Waals surface area contributed by atoms with Gasteiger partial charge in [-0.2, -0.15) is 5.10 Å². The van der Waals surface area contributed by atoms with E-state index in [0.29, 0.717) is 49.0 Å². The van der Waals surface area contributed by atoms with Crippen LogP contribution < -0.4 is 15.8 Å². The first-order valence-electron chi connectivity index (χ1n) is 11.3. The van der Waals surface area contributed by atoms with E-state index in [1.54, 1.807) is 0 Å². The molecule has 0 aromatic heterocycles. The van der Waals surface area contributed by atoms with Gasteiger partial charge in [0.1, 0.15) is 29.0 Å². The largest absolute Gasteiger partial charge is 0.475 e. The predicted octanol–water partition coefficient (Wildman–Crippen LogP) is 2.74.